The Morgan fingerprint density at radius 2 is 2.07 bits per heavy atom. The number of rotatable bonds is 6. The van der Waals surface area contributed by atoms with Crippen molar-refractivity contribution in [1.82, 2.24) is 5.32 Å². The van der Waals surface area contributed by atoms with Crippen LogP contribution in [0.15, 0.2) is 30.3 Å². The number of likely N-dealkylation sites (N-methyl/N-ethyl adjacent to an activating group) is 1. The maximum Gasteiger partial charge on any atom is 0.0592 e. The number of nitrogens with one attached hydrogen (secondary N) is 1. The van der Waals surface area contributed by atoms with Crippen molar-refractivity contribution in [2.75, 3.05) is 19.4 Å². The second kappa shape index (κ2) is 6.87. The summed E-state index contributed by atoms with van der Waals surface area (Å²) in [7, 11) is 1.88. The zero-order valence-corrected chi connectivity index (χ0v) is 9.26. The molecular formula is C11H17NOS. The Morgan fingerprint density at radius 1 is 1.36 bits per heavy atom. The zero-order valence-electron chi connectivity index (χ0n) is 8.44. The molecule has 1 atom stereocenters. The van der Waals surface area contributed by atoms with Crippen LogP contribution in [0, 0.1) is 0 Å². The third kappa shape index (κ3) is 4.13. The first-order chi connectivity index (χ1) is 6.86. The lowest BCUT2D eigenvalue weighted by molar-refractivity contribution is 0.260. The molecule has 14 heavy (non-hydrogen) atoms. The molecule has 0 unspecified atom stereocenters. The average Bonchev–Trinajstić information content (AvgIpc) is 2.26. The minimum absolute atomic E-state index is 0.207. The van der Waals surface area contributed by atoms with Crippen LogP contribution >= 0.6 is 11.8 Å². The van der Waals surface area contributed by atoms with Gasteiger partial charge in [-0.05, 0) is 12.6 Å². The van der Waals surface area contributed by atoms with Crippen molar-refractivity contribution in [3.05, 3.63) is 35.9 Å². The van der Waals surface area contributed by atoms with E-state index in [9.17, 15) is 0 Å². The lowest BCUT2D eigenvalue weighted by Crippen LogP contribution is -2.31. The van der Waals surface area contributed by atoms with Crippen molar-refractivity contribution in [1.29, 1.82) is 0 Å². The zero-order chi connectivity index (χ0) is 10.2. The van der Waals surface area contributed by atoms with E-state index in [4.69, 9.17) is 5.11 Å². The summed E-state index contributed by atoms with van der Waals surface area (Å²) in [5.74, 6) is 1.96. The van der Waals surface area contributed by atoms with Crippen molar-refractivity contribution < 1.29 is 5.11 Å². The van der Waals surface area contributed by atoms with Crippen LogP contribution in [-0.2, 0) is 5.75 Å². The summed E-state index contributed by atoms with van der Waals surface area (Å²) in [6.07, 6.45) is 0. The Labute approximate surface area is 89.7 Å². The third-order valence-corrected chi connectivity index (χ3v) is 3.23. The van der Waals surface area contributed by atoms with Crippen molar-refractivity contribution in [3.8, 4) is 0 Å². The van der Waals surface area contributed by atoms with Gasteiger partial charge in [-0.3, -0.25) is 0 Å². The molecule has 3 heteroatoms. The standard InChI is InChI=1S/C11H17NOS/c1-12-11(7-13)9-14-8-10-5-3-2-4-6-10/h2-6,11-13H,7-9H2,1H3/t11-/m1/s1. The summed E-state index contributed by atoms with van der Waals surface area (Å²) in [5.41, 5.74) is 1.34. The van der Waals surface area contributed by atoms with Crippen LogP contribution in [0.5, 0.6) is 0 Å². The largest absolute Gasteiger partial charge is 0.395 e. The van der Waals surface area contributed by atoms with Crippen molar-refractivity contribution >= 4 is 11.8 Å². The molecule has 78 valence electrons. The van der Waals surface area contributed by atoms with Crippen LogP contribution < -0.4 is 5.32 Å². The predicted octanol–water partition coefficient (Wildman–Crippen LogP) is 1.50. The molecule has 1 aromatic rings. The van der Waals surface area contributed by atoms with E-state index in [-0.39, 0.29) is 12.6 Å². The smallest absolute Gasteiger partial charge is 0.0592 e. The van der Waals surface area contributed by atoms with E-state index in [0.717, 1.165) is 11.5 Å². The number of hydrogen-bond acceptors (Lipinski definition) is 3. The van der Waals surface area contributed by atoms with Crippen LogP contribution in [0.2, 0.25) is 0 Å². The molecule has 1 rings (SSSR count). The molecule has 0 saturated carbocycles. The van der Waals surface area contributed by atoms with Crippen LogP contribution in [0.25, 0.3) is 0 Å². The molecule has 0 aliphatic carbocycles. The van der Waals surface area contributed by atoms with Gasteiger partial charge in [-0.2, -0.15) is 11.8 Å². The van der Waals surface area contributed by atoms with E-state index >= 15 is 0 Å². The topological polar surface area (TPSA) is 32.3 Å². The summed E-state index contributed by atoms with van der Waals surface area (Å²) in [6, 6.07) is 10.6. The quantitative estimate of drug-likeness (QED) is 0.748. The summed E-state index contributed by atoms with van der Waals surface area (Å²) >= 11 is 1.84. The fraction of sp³-hybridized carbons (Fsp3) is 0.455. The van der Waals surface area contributed by atoms with Gasteiger partial charge in [0.1, 0.15) is 0 Å². The van der Waals surface area contributed by atoms with Gasteiger partial charge in [0.25, 0.3) is 0 Å². The number of benzene rings is 1. The van der Waals surface area contributed by atoms with Crippen molar-refractivity contribution in [2.24, 2.45) is 0 Å². The van der Waals surface area contributed by atoms with Gasteiger partial charge in [-0.1, -0.05) is 30.3 Å². The van der Waals surface area contributed by atoms with Crippen molar-refractivity contribution in [2.45, 2.75) is 11.8 Å². The van der Waals surface area contributed by atoms with Gasteiger partial charge < -0.3 is 10.4 Å². The first-order valence-corrected chi connectivity index (χ1v) is 5.92. The molecule has 0 aliphatic rings. The average molecular weight is 211 g/mol. The van der Waals surface area contributed by atoms with E-state index in [1.54, 1.807) is 0 Å². The normalized spacial score (nSPS) is 12.7. The summed E-state index contributed by atoms with van der Waals surface area (Å²) in [6.45, 7) is 0.207. The molecule has 2 nitrogen and oxygen atoms in total. The highest BCUT2D eigenvalue weighted by molar-refractivity contribution is 7.98. The first kappa shape index (κ1) is 11.6. The van der Waals surface area contributed by atoms with Crippen LogP contribution in [0.4, 0.5) is 0 Å². The molecular weight excluding hydrogens is 194 g/mol. The van der Waals surface area contributed by atoms with E-state index in [0.29, 0.717) is 0 Å². The second-order valence-corrected chi connectivity index (χ2v) is 4.20. The fourth-order valence-electron chi connectivity index (χ4n) is 1.12. The van der Waals surface area contributed by atoms with Crippen LogP contribution in [0.1, 0.15) is 5.56 Å². The van der Waals surface area contributed by atoms with E-state index in [1.165, 1.54) is 5.56 Å². The maximum absolute atomic E-state index is 8.95. The Kier molecular flexibility index (Phi) is 5.68. The number of hydrogen-bond donors (Lipinski definition) is 2. The monoisotopic (exact) mass is 211 g/mol. The minimum Gasteiger partial charge on any atom is -0.395 e. The van der Waals surface area contributed by atoms with Gasteiger partial charge in [0.2, 0.25) is 0 Å². The Morgan fingerprint density at radius 3 is 2.64 bits per heavy atom. The predicted molar refractivity (Wildman–Crippen MR) is 62.5 cm³/mol. The Hall–Kier alpha value is -0.510. The summed E-state index contributed by atoms with van der Waals surface area (Å²) < 4.78 is 0. The minimum atomic E-state index is 0.207. The van der Waals surface area contributed by atoms with E-state index in [1.807, 2.05) is 24.9 Å². The van der Waals surface area contributed by atoms with Gasteiger partial charge in [0.15, 0.2) is 0 Å². The Balaban J connectivity index is 2.21. The van der Waals surface area contributed by atoms with E-state index < -0.39 is 0 Å². The van der Waals surface area contributed by atoms with Crippen LogP contribution in [0.3, 0.4) is 0 Å². The number of aliphatic hydroxyl groups is 1. The highest BCUT2D eigenvalue weighted by Crippen LogP contribution is 2.12. The highest BCUT2D eigenvalue weighted by atomic mass is 32.2. The highest BCUT2D eigenvalue weighted by Gasteiger charge is 2.03. The molecule has 0 aromatic heterocycles. The summed E-state index contributed by atoms with van der Waals surface area (Å²) in [5, 5.41) is 12.0. The molecule has 1 aromatic carbocycles. The molecule has 0 bridgehead atoms. The molecule has 0 radical (unpaired) electrons. The molecule has 0 heterocycles. The van der Waals surface area contributed by atoms with Crippen LogP contribution in [-0.4, -0.2) is 30.6 Å². The molecule has 0 aliphatic heterocycles. The van der Waals surface area contributed by atoms with E-state index in [2.05, 4.69) is 29.6 Å². The third-order valence-electron chi connectivity index (χ3n) is 2.06. The van der Waals surface area contributed by atoms with Gasteiger partial charge in [0.05, 0.1) is 6.61 Å². The lowest BCUT2D eigenvalue weighted by Gasteiger charge is -2.11. The molecule has 0 fully saturated rings. The molecule has 0 spiro atoms. The molecule has 0 saturated heterocycles. The van der Waals surface area contributed by atoms with Gasteiger partial charge in [0, 0.05) is 17.5 Å². The van der Waals surface area contributed by atoms with Gasteiger partial charge in [-0.15, -0.1) is 0 Å². The second-order valence-electron chi connectivity index (χ2n) is 3.17. The van der Waals surface area contributed by atoms with Crippen molar-refractivity contribution in [3.63, 3.8) is 0 Å². The first-order valence-electron chi connectivity index (χ1n) is 4.76. The number of aliphatic hydroxyl groups excluding tert-OH is 1. The van der Waals surface area contributed by atoms with Gasteiger partial charge in [-0.25, -0.2) is 0 Å². The summed E-state index contributed by atoms with van der Waals surface area (Å²) in [4.78, 5) is 0. The fourth-order valence-corrected chi connectivity index (χ4v) is 2.22. The van der Waals surface area contributed by atoms with Gasteiger partial charge >= 0.3 is 0 Å². The SMILES string of the molecule is CN[C@H](CO)CSCc1ccccc1. The lowest BCUT2D eigenvalue weighted by atomic mass is 10.2. The molecule has 2 N–H and O–H groups in total. The maximum atomic E-state index is 8.95. The molecule has 0 amide bonds. The number of thioether (sulfide) groups is 1. The Bertz CT molecular complexity index is 236.